The maximum absolute atomic E-state index is 10.6. The minimum atomic E-state index is -0.350. The molecule has 0 bridgehead atoms. The van der Waals surface area contributed by atoms with Gasteiger partial charge in [-0.15, -0.1) is 6.42 Å². The standard InChI is InChI=1S/C8H11NO2/c1-3-8(10)9-6-5-7(6)11-4-2/h1,6-7H,4-5H2,2H3,(H,9,10). The van der Waals surface area contributed by atoms with Gasteiger partial charge in [0.25, 0.3) is 5.91 Å². The molecule has 0 spiro atoms. The Kier molecular flexibility index (Phi) is 2.50. The van der Waals surface area contributed by atoms with Crippen molar-refractivity contribution < 1.29 is 9.53 Å². The summed E-state index contributed by atoms with van der Waals surface area (Å²) in [6.45, 7) is 2.62. The number of carbonyl (C=O) groups excluding carboxylic acids is 1. The SMILES string of the molecule is C#CC(=O)NC1CC1OCC. The van der Waals surface area contributed by atoms with E-state index in [1.54, 1.807) is 0 Å². The molecule has 60 valence electrons. The lowest BCUT2D eigenvalue weighted by Crippen LogP contribution is -2.26. The number of nitrogens with one attached hydrogen (secondary N) is 1. The van der Waals surface area contributed by atoms with Crippen molar-refractivity contribution in [3.8, 4) is 12.3 Å². The molecule has 0 aliphatic heterocycles. The fraction of sp³-hybridized carbons (Fsp3) is 0.625. The van der Waals surface area contributed by atoms with Crippen LogP contribution in [0.15, 0.2) is 0 Å². The van der Waals surface area contributed by atoms with E-state index in [1.807, 2.05) is 12.8 Å². The van der Waals surface area contributed by atoms with E-state index >= 15 is 0 Å². The smallest absolute Gasteiger partial charge is 0.295 e. The number of hydrogen-bond acceptors (Lipinski definition) is 2. The Morgan fingerprint density at radius 3 is 3.18 bits per heavy atom. The summed E-state index contributed by atoms with van der Waals surface area (Å²) in [5.41, 5.74) is 0. The normalized spacial score (nSPS) is 27.3. The van der Waals surface area contributed by atoms with Crippen LogP contribution in [0.2, 0.25) is 0 Å². The second-order valence-electron chi connectivity index (χ2n) is 2.45. The monoisotopic (exact) mass is 153 g/mol. The first-order valence-electron chi connectivity index (χ1n) is 3.66. The van der Waals surface area contributed by atoms with Crippen LogP contribution in [0.1, 0.15) is 13.3 Å². The highest BCUT2D eigenvalue weighted by Gasteiger charge is 2.38. The maximum atomic E-state index is 10.6. The van der Waals surface area contributed by atoms with Crippen molar-refractivity contribution in [2.24, 2.45) is 0 Å². The fourth-order valence-electron chi connectivity index (χ4n) is 0.932. The first kappa shape index (κ1) is 8.09. The Hall–Kier alpha value is -1.01. The Balaban J connectivity index is 2.14. The molecule has 2 atom stereocenters. The van der Waals surface area contributed by atoms with E-state index < -0.39 is 0 Å². The lowest BCUT2D eigenvalue weighted by Gasteiger charge is -1.98. The lowest BCUT2D eigenvalue weighted by atomic mass is 10.5. The molecule has 0 saturated heterocycles. The second kappa shape index (κ2) is 3.40. The molecule has 3 nitrogen and oxygen atoms in total. The van der Waals surface area contributed by atoms with Crippen molar-refractivity contribution in [3.05, 3.63) is 0 Å². The summed E-state index contributed by atoms with van der Waals surface area (Å²) in [5.74, 6) is 1.64. The molecule has 1 fully saturated rings. The van der Waals surface area contributed by atoms with E-state index in [4.69, 9.17) is 11.2 Å². The lowest BCUT2D eigenvalue weighted by molar-refractivity contribution is -0.116. The fourth-order valence-corrected chi connectivity index (χ4v) is 0.932. The number of hydrogen-bond donors (Lipinski definition) is 1. The quantitative estimate of drug-likeness (QED) is 0.575. The summed E-state index contributed by atoms with van der Waals surface area (Å²) < 4.78 is 5.23. The predicted octanol–water partition coefficient (Wildman–Crippen LogP) is -0.0868. The van der Waals surface area contributed by atoms with Gasteiger partial charge in [0.05, 0.1) is 12.1 Å². The van der Waals surface area contributed by atoms with Crippen LogP contribution in [0.25, 0.3) is 0 Å². The van der Waals surface area contributed by atoms with Gasteiger partial charge >= 0.3 is 0 Å². The van der Waals surface area contributed by atoms with E-state index in [1.165, 1.54) is 0 Å². The van der Waals surface area contributed by atoms with Crippen LogP contribution in [-0.2, 0) is 9.53 Å². The summed E-state index contributed by atoms with van der Waals surface area (Å²) in [5, 5.41) is 2.64. The zero-order valence-corrected chi connectivity index (χ0v) is 6.46. The van der Waals surface area contributed by atoms with Crippen LogP contribution in [0.5, 0.6) is 0 Å². The third-order valence-electron chi connectivity index (χ3n) is 1.56. The Labute approximate surface area is 66.1 Å². The number of terminal acetylenes is 1. The van der Waals surface area contributed by atoms with Crippen molar-refractivity contribution in [2.45, 2.75) is 25.5 Å². The molecule has 0 aromatic carbocycles. The molecule has 11 heavy (non-hydrogen) atoms. The van der Waals surface area contributed by atoms with Crippen LogP contribution in [0.4, 0.5) is 0 Å². The molecular formula is C8H11NO2. The molecule has 0 aromatic rings. The summed E-state index contributed by atoms with van der Waals surface area (Å²) in [6, 6.07) is 0.151. The zero-order valence-electron chi connectivity index (χ0n) is 6.46. The summed E-state index contributed by atoms with van der Waals surface area (Å²) >= 11 is 0. The highest BCUT2D eigenvalue weighted by Crippen LogP contribution is 2.24. The van der Waals surface area contributed by atoms with E-state index in [0.29, 0.717) is 6.61 Å². The van der Waals surface area contributed by atoms with Crippen molar-refractivity contribution in [2.75, 3.05) is 6.61 Å². The van der Waals surface area contributed by atoms with Crippen molar-refractivity contribution in [1.29, 1.82) is 0 Å². The first-order chi connectivity index (χ1) is 5.27. The molecule has 2 unspecified atom stereocenters. The molecule has 3 heteroatoms. The van der Waals surface area contributed by atoms with E-state index in [-0.39, 0.29) is 18.1 Å². The number of rotatable bonds is 3. The van der Waals surface area contributed by atoms with Gasteiger partial charge in [0.15, 0.2) is 0 Å². The van der Waals surface area contributed by atoms with E-state index in [0.717, 1.165) is 6.42 Å². The minimum Gasteiger partial charge on any atom is -0.376 e. The molecule has 0 aromatic heterocycles. The first-order valence-corrected chi connectivity index (χ1v) is 3.66. The summed E-state index contributed by atoms with van der Waals surface area (Å²) in [7, 11) is 0. The molecular weight excluding hydrogens is 142 g/mol. The van der Waals surface area contributed by atoms with Crippen LogP contribution in [-0.4, -0.2) is 24.7 Å². The van der Waals surface area contributed by atoms with Crippen LogP contribution in [0.3, 0.4) is 0 Å². The Morgan fingerprint density at radius 2 is 2.64 bits per heavy atom. The van der Waals surface area contributed by atoms with Gasteiger partial charge in [0.2, 0.25) is 0 Å². The van der Waals surface area contributed by atoms with Crippen molar-refractivity contribution in [1.82, 2.24) is 5.32 Å². The molecule has 1 saturated carbocycles. The number of carbonyl (C=O) groups is 1. The predicted molar refractivity (Wildman–Crippen MR) is 40.8 cm³/mol. The molecule has 1 aliphatic rings. The summed E-state index contributed by atoms with van der Waals surface area (Å²) in [4.78, 5) is 10.6. The van der Waals surface area contributed by atoms with Crippen molar-refractivity contribution >= 4 is 5.91 Å². The number of ether oxygens (including phenoxy) is 1. The van der Waals surface area contributed by atoms with Gasteiger partial charge in [-0.25, -0.2) is 0 Å². The molecule has 0 heterocycles. The van der Waals surface area contributed by atoms with Gasteiger partial charge < -0.3 is 10.1 Å². The van der Waals surface area contributed by atoms with E-state index in [2.05, 4.69) is 5.32 Å². The highest BCUT2D eigenvalue weighted by atomic mass is 16.5. The second-order valence-corrected chi connectivity index (χ2v) is 2.45. The average Bonchev–Trinajstić information content (AvgIpc) is 2.69. The molecule has 1 aliphatic carbocycles. The van der Waals surface area contributed by atoms with Crippen LogP contribution >= 0.6 is 0 Å². The minimum absolute atomic E-state index is 0.151. The third-order valence-corrected chi connectivity index (χ3v) is 1.56. The molecule has 1 amide bonds. The van der Waals surface area contributed by atoms with Gasteiger partial charge in [-0.05, 0) is 19.3 Å². The van der Waals surface area contributed by atoms with Gasteiger partial charge in [-0.3, -0.25) is 4.79 Å². The largest absolute Gasteiger partial charge is 0.376 e. The topological polar surface area (TPSA) is 38.3 Å². The average molecular weight is 153 g/mol. The van der Waals surface area contributed by atoms with Gasteiger partial charge in [-0.1, -0.05) is 0 Å². The van der Waals surface area contributed by atoms with Gasteiger partial charge in [-0.2, -0.15) is 0 Å². The molecule has 1 rings (SSSR count). The van der Waals surface area contributed by atoms with Gasteiger partial charge in [0, 0.05) is 6.61 Å². The Bertz CT molecular complexity index is 195. The van der Waals surface area contributed by atoms with Crippen LogP contribution < -0.4 is 5.32 Å². The highest BCUT2D eigenvalue weighted by molar-refractivity contribution is 5.93. The summed E-state index contributed by atoms with van der Waals surface area (Å²) in [6.07, 6.45) is 5.95. The zero-order chi connectivity index (χ0) is 8.27. The van der Waals surface area contributed by atoms with Gasteiger partial charge in [0.1, 0.15) is 0 Å². The van der Waals surface area contributed by atoms with Crippen molar-refractivity contribution in [3.63, 3.8) is 0 Å². The maximum Gasteiger partial charge on any atom is 0.295 e. The molecule has 0 radical (unpaired) electrons. The van der Waals surface area contributed by atoms with Crippen LogP contribution in [0, 0.1) is 12.3 Å². The molecule has 1 N–H and O–H groups in total. The number of amides is 1. The third kappa shape index (κ3) is 2.24. The Morgan fingerprint density at radius 1 is 1.91 bits per heavy atom. The van der Waals surface area contributed by atoms with E-state index in [9.17, 15) is 4.79 Å².